The summed E-state index contributed by atoms with van der Waals surface area (Å²) in [4.78, 5) is 11.2. The first-order chi connectivity index (χ1) is 9.11. The van der Waals surface area contributed by atoms with Gasteiger partial charge in [0.2, 0.25) is 0 Å². The number of piperidine rings is 1. The van der Waals surface area contributed by atoms with Gasteiger partial charge in [0.15, 0.2) is 0 Å². The molecule has 0 aromatic carbocycles. The van der Waals surface area contributed by atoms with Crippen LogP contribution in [0.1, 0.15) is 40.5 Å². The Hall–Kier alpha value is -0.660. The van der Waals surface area contributed by atoms with Crippen LogP contribution in [0.15, 0.2) is 0 Å². The normalized spacial score (nSPS) is 26.6. The monoisotopic (exact) mass is 306 g/mol. The smallest absolute Gasteiger partial charge is 0.321 e. The molecule has 1 heterocycles. The third kappa shape index (κ3) is 5.03. The molecule has 0 aromatic heterocycles. The van der Waals surface area contributed by atoms with E-state index in [9.17, 15) is 13.2 Å². The number of carbonyl (C=O) groups is 1. The quantitative estimate of drug-likeness (QED) is 0.774. The van der Waals surface area contributed by atoms with E-state index in [1.54, 1.807) is 0 Å². The molecule has 0 radical (unpaired) electrons. The van der Waals surface area contributed by atoms with Crippen LogP contribution >= 0.6 is 0 Å². The standard InChI is InChI=1S/C13H26N2O4S/c1-9(2)5-12(13(16)17)14-20(18,19)15-7-10(3)6-11(4)8-15/h9-12,14H,5-8H2,1-4H3,(H,16,17)/t10?,11?,12-/m0/s1. The molecule has 1 fully saturated rings. The van der Waals surface area contributed by atoms with Gasteiger partial charge in [-0.3, -0.25) is 4.79 Å². The molecule has 1 aliphatic rings. The van der Waals surface area contributed by atoms with Crippen LogP contribution in [0.3, 0.4) is 0 Å². The van der Waals surface area contributed by atoms with Crippen LogP contribution in [-0.4, -0.2) is 42.9 Å². The summed E-state index contributed by atoms with van der Waals surface area (Å²) in [6.07, 6.45) is 1.29. The summed E-state index contributed by atoms with van der Waals surface area (Å²) in [6.45, 7) is 8.67. The lowest BCUT2D eigenvalue weighted by molar-refractivity contribution is -0.139. The lowest BCUT2D eigenvalue weighted by Gasteiger charge is -2.34. The Balaban J connectivity index is 2.79. The van der Waals surface area contributed by atoms with E-state index in [1.807, 2.05) is 27.7 Å². The number of hydrogen-bond donors (Lipinski definition) is 2. The number of nitrogens with zero attached hydrogens (tertiary/aromatic N) is 1. The molecule has 0 aromatic rings. The summed E-state index contributed by atoms with van der Waals surface area (Å²) in [7, 11) is -3.74. The van der Waals surface area contributed by atoms with Gasteiger partial charge in [0, 0.05) is 13.1 Å². The van der Waals surface area contributed by atoms with Crippen LogP contribution < -0.4 is 4.72 Å². The number of nitrogens with one attached hydrogen (secondary N) is 1. The van der Waals surface area contributed by atoms with E-state index in [0.717, 1.165) is 6.42 Å². The second-order valence-corrected chi connectivity index (χ2v) is 8.11. The van der Waals surface area contributed by atoms with Gasteiger partial charge in [0.05, 0.1) is 0 Å². The summed E-state index contributed by atoms with van der Waals surface area (Å²) >= 11 is 0. The molecule has 118 valence electrons. The van der Waals surface area contributed by atoms with Crippen molar-refractivity contribution in [3.05, 3.63) is 0 Å². The van der Waals surface area contributed by atoms with Crippen molar-refractivity contribution in [1.82, 2.24) is 9.03 Å². The van der Waals surface area contributed by atoms with Crippen molar-refractivity contribution in [1.29, 1.82) is 0 Å². The molecule has 0 aliphatic carbocycles. The Labute approximate surface area is 121 Å². The summed E-state index contributed by atoms with van der Waals surface area (Å²) in [5.74, 6) is -0.425. The Morgan fingerprint density at radius 1 is 1.30 bits per heavy atom. The molecular weight excluding hydrogens is 280 g/mol. The molecule has 0 spiro atoms. The van der Waals surface area contributed by atoms with Crippen molar-refractivity contribution in [2.45, 2.75) is 46.6 Å². The molecule has 1 aliphatic heterocycles. The first-order valence-corrected chi connectivity index (χ1v) is 8.56. The van der Waals surface area contributed by atoms with Crippen LogP contribution in [0, 0.1) is 17.8 Å². The molecule has 0 saturated carbocycles. The maximum absolute atomic E-state index is 12.3. The van der Waals surface area contributed by atoms with Crippen molar-refractivity contribution in [2.24, 2.45) is 17.8 Å². The minimum absolute atomic E-state index is 0.109. The van der Waals surface area contributed by atoms with Crippen LogP contribution in [0.5, 0.6) is 0 Å². The van der Waals surface area contributed by atoms with Crippen LogP contribution in [0.4, 0.5) is 0 Å². The maximum atomic E-state index is 12.3. The molecule has 0 amide bonds. The molecule has 6 nitrogen and oxygen atoms in total. The molecule has 20 heavy (non-hydrogen) atoms. The largest absolute Gasteiger partial charge is 0.480 e. The highest BCUT2D eigenvalue weighted by Crippen LogP contribution is 2.23. The van der Waals surface area contributed by atoms with E-state index in [1.165, 1.54) is 4.31 Å². The second-order valence-electron chi connectivity index (χ2n) is 6.41. The zero-order valence-electron chi connectivity index (χ0n) is 12.7. The van der Waals surface area contributed by atoms with Crippen LogP contribution in [0.2, 0.25) is 0 Å². The Morgan fingerprint density at radius 3 is 2.20 bits per heavy atom. The second kappa shape index (κ2) is 6.87. The van der Waals surface area contributed by atoms with Gasteiger partial charge in [-0.25, -0.2) is 0 Å². The van der Waals surface area contributed by atoms with Crippen LogP contribution in [0.25, 0.3) is 0 Å². The Kier molecular flexibility index (Phi) is 5.97. The molecule has 1 saturated heterocycles. The van der Waals surface area contributed by atoms with Gasteiger partial charge in [0.1, 0.15) is 6.04 Å². The summed E-state index contributed by atoms with van der Waals surface area (Å²) < 4.78 is 28.4. The zero-order chi connectivity index (χ0) is 15.5. The highest BCUT2D eigenvalue weighted by Gasteiger charge is 2.33. The van der Waals surface area contributed by atoms with Gasteiger partial charge in [0.25, 0.3) is 10.2 Å². The Morgan fingerprint density at radius 2 is 1.80 bits per heavy atom. The van der Waals surface area contributed by atoms with E-state index < -0.39 is 22.2 Å². The minimum Gasteiger partial charge on any atom is -0.480 e. The maximum Gasteiger partial charge on any atom is 0.321 e. The molecule has 1 rings (SSSR count). The lowest BCUT2D eigenvalue weighted by atomic mass is 9.94. The van der Waals surface area contributed by atoms with Gasteiger partial charge in [-0.15, -0.1) is 0 Å². The number of rotatable bonds is 6. The minimum atomic E-state index is -3.74. The van der Waals surface area contributed by atoms with Gasteiger partial charge < -0.3 is 5.11 Å². The summed E-state index contributed by atoms with van der Waals surface area (Å²) in [6, 6.07) is -1.06. The molecule has 0 bridgehead atoms. The highest BCUT2D eigenvalue weighted by molar-refractivity contribution is 7.87. The van der Waals surface area contributed by atoms with Crippen molar-refractivity contribution >= 4 is 16.2 Å². The van der Waals surface area contributed by atoms with Crippen molar-refractivity contribution < 1.29 is 18.3 Å². The molecular formula is C13H26N2O4S. The average molecular weight is 306 g/mol. The lowest BCUT2D eigenvalue weighted by Crippen LogP contribution is -2.52. The third-order valence-corrected chi connectivity index (χ3v) is 5.03. The zero-order valence-corrected chi connectivity index (χ0v) is 13.5. The van der Waals surface area contributed by atoms with Gasteiger partial charge >= 0.3 is 5.97 Å². The molecule has 2 N–H and O–H groups in total. The topological polar surface area (TPSA) is 86.7 Å². The van der Waals surface area contributed by atoms with E-state index in [-0.39, 0.29) is 12.3 Å². The third-order valence-electron chi connectivity index (χ3n) is 3.47. The number of aliphatic carboxylic acids is 1. The highest BCUT2D eigenvalue weighted by atomic mass is 32.2. The van der Waals surface area contributed by atoms with Crippen molar-refractivity contribution in [3.63, 3.8) is 0 Å². The Bertz CT molecular complexity index is 426. The van der Waals surface area contributed by atoms with Crippen molar-refractivity contribution in [2.75, 3.05) is 13.1 Å². The van der Waals surface area contributed by atoms with E-state index in [2.05, 4.69) is 4.72 Å². The summed E-state index contributed by atoms with van der Waals surface area (Å²) in [5, 5.41) is 9.14. The molecule has 2 unspecified atom stereocenters. The van der Waals surface area contributed by atoms with E-state index in [4.69, 9.17) is 5.11 Å². The fourth-order valence-corrected chi connectivity index (χ4v) is 4.33. The fourth-order valence-electron chi connectivity index (χ4n) is 2.73. The number of carboxylic acids is 1. The first kappa shape index (κ1) is 17.4. The molecule has 3 atom stereocenters. The number of carboxylic acid groups (broad SMARTS) is 1. The van der Waals surface area contributed by atoms with Gasteiger partial charge in [-0.2, -0.15) is 17.4 Å². The van der Waals surface area contributed by atoms with E-state index >= 15 is 0 Å². The first-order valence-electron chi connectivity index (χ1n) is 7.12. The SMILES string of the molecule is CC(C)C[C@H](NS(=O)(=O)N1CC(C)CC(C)C1)C(=O)O. The van der Waals surface area contributed by atoms with E-state index in [0.29, 0.717) is 24.9 Å². The van der Waals surface area contributed by atoms with Crippen molar-refractivity contribution in [3.8, 4) is 0 Å². The van der Waals surface area contributed by atoms with Gasteiger partial charge in [-0.05, 0) is 30.6 Å². The predicted molar refractivity (Wildman–Crippen MR) is 77.5 cm³/mol. The van der Waals surface area contributed by atoms with Crippen LogP contribution in [-0.2, 0) is 15.0 Å². The summed E-state index contributed by atoms with van der Waals surface area (Å²) in [5.41, 5.74) is 0. The molecule has 7 heteroatoms. The number of hydrogen-bond acceptors (Lipinski definition) is 3. The van der Waals surface area contributed by atoms with Gasteiger partial charge in [-0.1, -0.05) is 27.7 Å². The predicted octanol–water partition coefficient (Wildman–Crippen LogP) is 1.30. The fraction of sp³-hybridized carbons (Fsp3) is 0.923. The average Bonchev–Trinajstić information content (AvgIpc) is 2.25.